The van der Waals surface area contributed by atoms with Crippen LogP contribution in [0, 0.1) is 5.41 Å². The van der Waals surface area contributed by atoms with Crippen LogP contribution in [-0.2, 0) is 0 Å². The van der Waals surface area contributed by atoms with Crippen molar-refractivity contribution in [1.29, 1.82) is 5.41 Å². The lowest BCUT2D eigenvalue weighted by atomic mass is 10.1. The average Bonchev–Trinajstić information content (AvgIpc) is 2.16. The molecular formula is C10H9N3O. The third kappa shape index (κ3) is 1.26. The van der Waals surface area contributed by atoms with Gasteiger partial charge >= 0.3 is 0 Å². The van der Waals surface area contributed by atoms with Crippen molar-refractivity contribution in [3.05, 3.63) is 46.2 Å². The highest BCUT2D eigenvalue weighted by Crippen LogP contribution is 2.09. The number of nitrogens with one attached hydrogen (secondary N) is 2. The number of nitrogen functional groups attached to an aromatic ring is 1. The lowest BCUT2D eigenvalue weighted by molar-refractivity contribution is 1.27. The van der Waals surface area contributed by atoms with Gasteiger partial charge in [-0.2, -0.15) is 0 Å². The van der Waals surface area contributed by atoms with E-state index in [1.807, 2.05) is 18.2 Å². The Kier molecular flexibility index (Phi) is 1.81. The van der Waals surface area contributed by atoms with Crippen LogP contribution >= 0.6 is 0 Å². The van der Waals surface area contributed by atoms with E-state index in [1.165, 1.54) is 0 Å². The van der Waals surface area contributed by atoms with E-state index in [-0.39, 0.29) is 17.0 Å². The van der Waals surface area contributed by atoms with Gasteiger partial charge in [-0.05, 0) is 17.5 Å². The minimum absolute atomic E-state index is 0.211. The third-order valence-corrected chi connectivity index (χ3v) is 2.04. The molecule has 0 aliphatic carbocycles. The molecule has 1 heterocycles. The Labute approximate surface area is 79.9 Å². The highest BCUT2D eigenvalue weighted by atomic mass is 16.1. The number of hydrogen-bond donors (Lipinski definition) is 3. The van der Waals surface area contributed by atoms with E-state index >= 15 is 0 Å². The summed E-state index contributed by atoms with van der Waals surface area (Å²) in [6.07, 6.45) is 0. The Hall–Kier alpha value is -2.10. The maximum atomic E-state index is 11.4. The minimum atomic E-state index is -0.323. The molecule has 0 saturated heterocycles. The van der Waals surface area contributed by atoms with E-state index < -0.39 is 0 Å². The first-order valence-corrected chi connectivity index (χ1v) is 4.15. The fraction of sp³-hybridized carbons (Fsp3) is 0. The van der Waals surface area contributed by atoms with Gasteiger partial charge in [0, 0.05) is 5.52 Å². The van der Waals surface area contributed by atoms with E-state index in [0.29, 0.717) is 0 Å². The lowest BCUT2D eigenvalue weighted by Crippen LogP contribution is -2.23. The first kappa shape index (κ1) is 8.50. The molecule has 0 aliphatic heterocycles. The molecule has 0 aliphatic rings. The molecule has 4 heteroatoms. The molecule has 4 nitrogen and oxygen atoms in total. The van der Waals surface area contributed by atoms with E-state index in [2.05, 4.69) is 4.98 Å². The van der Waals surface area contributed by atoms with Gasteiger partial charge in [-0.15, -0.1) is 0 Å². The number of rotatable bonds is 1. The molecule has 2 rings (SSSR count). The maximum Gasteiger partial charge on any atom is 0.259 e. The first-order valence-electron chi connectivity index (χ1n) is 4.15. The molecule has 0 fully saturated rings. The van der Waals surface area contributed by atoms with Crippen LogP contribution in [0.4, 0.5) is 0 Å². The Morgan fingerprint density at radius 3 is 2.79 bits per heavy atom. The molecule has 0 saturated carbocycles. The molecular weight excluding hydrogens is 178 g/mol. The van der Waals surface area contributed by atoms with Gasteiger partial charge in [-0.25, -0.2) is 0 Å². The van der Waals surface area contributed by atoms with Crippen LogP contribution in [0.5, 0.6) is 0 Å². The fourth-order valence-electron chi connectivity index (χ4n) is 1.35. The van der Waals surface area contributed by atoms with Gasteiger partial charge in [-0.3, -0.25) is 10.2 Å². The van der Waals surface area contributed by atoms with Crippen LogP contribution in [0.15, 0.2) is 35.1 Å². The normalized spacial score (nSPS) is 10.3. The standard InChI is InChI=1S/C10H9N3O/c11-9(12)7-5-6-3-1-2-4-8(6)13-10(7)14/h1-5H,(H3,11,12)(H,13,14). The largest absolute Gasteiger partial charge is 0.384 e. The highest BCUT2D eigenvalue weighted by Gasteiger charge is 2.03. The van der Waals surface area contributed by atoms with Gasteiger partial charge in [0.25, 0.3) is 5.56 Å². The summed E-state index contributed by atoms with van der Waals surface area (Å²) in [6.45, 7) is 0. The van der Waals surface area contributed by atoms with Crippen molar-refractivity contribution in [2.24, 2.45) is 5.73 Å². The second kappa shape index (κ2) is 2.99. The van der Waals surface area contributed by atoms with Gasteiger partial charge in [0.05, 0.1) is 5.56 Å². The summed E-state index contributed by atoms with van der Waals surface area (Å²) in [5.41, 5.74) is 5.91. The van der Waals surface area contributed by atoms with Crippen molar-refractivity contribution in [1.82, 2.24) is 4.98 Å². The summed E-state index contributed by atoms with van der Waals surface area (Å²) in [5, 5.41) is 8.08. The van der Waals surface area contributed by atoms with Crippen LogP contribution in [0.1, 0.15) is 5.56 Å². The predicted octanol–water partition coefficient (Wildman–Crippen LogP) is 0.812. The molecule has 0 unspecified atom stereocenters. The number of para-hydroxylation sites is 1. The van der Waals surface area contributed by atoms with E-state index in [4.69, 9.17) is 11.1 Å². The molecule has 4 N–H and O–H groups in total. The molecule has 0 spiro atoms. The summed E-state index contributed by atoms with van der Waals surface area (Å²) in [7, 11) is 0. The molecule has 0 atom stereocenters. The smallest absolute Gasteiger partial charge is 0.259 e. The van der Waals surface area contributed by atoms with Crippen molar-refractivity contribution < 1.29 is 0 Å². The Morgan fingerprint density at radius 2 is 2.07 bits per heavy atom. The van der Waals surface area contributed by atoms with Crippen LogP contribution in [-0.4, -0.2) is 10.8 Å². The summed E-state index contributed by atoms with van der Waals surface area (Å²) < 4.78 is 0. The van der Waals surface area contributed by atoms with Crippen LogP contribution < -0.4 is 11.3 Å². The monoisotopic (exact) mass is 187 g/mol. The van der Waals surface area contributed by atoms with Crippen molar-refractivity contribution in [3.8, 4) is 0 Å². The summed E-state index contributed by atoms with van der Waals surface area (Å²) >= 11 is 0. The average molecular weight is 187 g/mol. The molecule has 0 radical (unpaired) electrons. The summed E-state index contributed by atoms with van der Waals surface area (Å²) in [5.74, 6) is -0.211. The predicted molar refractivity (Wildman–Crippen MR) is 55.6 cm³/mol. The van der Waals surface area contributed by atoms with Crippen molar-refractivity contribution in [2.45, 2.75) is 0 Å². The van der Waals surface area contributed by atoms with Gasteiger partial charge in [0.1, 0.15) is 5.84 Å². The van der Waals surface area contributed by atoms with Crippen LogP contribution in [0.3, 0.4) is 0 Å². The van der Waals surface area contributed by atoms with Crippen LogP contribution in [0.2, 0.25) is 0 Å². The first-order chi connectivity index (χ1) is 6.68. The van der Waals surface area contributed by atoms with Gasteiger partial charge in [0.2, 0.25) is 0 Å². The zero-order valence-corrected chi connectivity index (χ0v) is 7.37. The second-order valence-corrected chi connectivity index (χ2v) is 3.01. The molecule has 1 aromatic carbocycles. The highest BCUT2D eigenvalue weighted by molar-refractivity contribution is 5.97. The molecule has 0 bridgehead atoms. The fourth-order valence-corrected chi connectivity index (χ4v) is 1.35. The zero-order valence-electron chi connectivity index (χ0n) is 7.37. The lowest BCUT2D eigenvalue weighted by Gasteiger charge is -2.00. The topological polar surface area (TPSA) is 82.7 Å². The number of aromatic nitrogens is 1. The van der Waals surface area contributed by atoms with E-state index in [1.54, 1.807) is 12.1 Å². The SMILES string of the molecule is N=C(N)c1cc2ccccc2[nH]c1=O. The van der Waals surface area contributed by atoms with E-state index in [0.717, 1.165) is 10.9 Å². The van der Waals surface area contributed by atoms with Crippen LogP contribution in [0.25, 0.3) is 10.9 Å². The molecule has 2 aromatic rings. The molecule has 14 heavy (non-hydrogen) atoms. The van der Waals surface area contributed by atoms with Gasteiger partial charge < -0.3 is 10.7 Å². The summed E-state index contributed by atoms with van der Waals surface area (Å²) in [4.78, 5) is 14.1. The van der Waals surface area contributed by atoms with Gasteiger partial charge in [0.15, 0.2) is 0 Å². The minimum Gasteiger partial charge on any atom is -0.384 e. The number of H-pyrrole nitrogens is 1. The Bertz CT molecular complexity index is 557. The van der Waals surface area contributed by atoms with Crippen molar-refractivity contribution in [2.75, 3.05) is 0 Å². The third-order valence-electron chi connectivity index (χ3n) is 2.04. The number of amidine groups is 1. The summed E-state index contributed by atoms with van der Waals surface area (Å²) in [6, 6.07) is 8.99. The Balaban J connectivity index is 2.84. The number of aromatic amines is 1. The zero-order chi connectivity index (χ0) is 10.1. The molecule has 70 valence electrons. The quantitative estimate of drug-likeness (QED) is 0.456. The Morgan fingerprint density at radius 1 is 1.36 bits per heavy atom. The number of hydrogen-bond acceptors (Lipinski definition) is 2. The van der Waals surface area contributed by atoms with Gasteiger partial charge in [-0.1, -0.05) is 18.2 Å². The second-order valence-electron chi connectivity index (χ2n) is 3.01. The van der Waals surface area contributed by atoms with Crippen molar-refractivity contribution >= 4 is 16.7 Å². The van der Waals surface area contributed by atoms with Crippen molar-refractivity contribution in [3.63, 3.8) is 0 Å². The number of fused-ring (bicyclic) bond motifs is 1. The van der Waals surface area contributed by atoms with E-state index in [9.17, 15) is 4.79 Å². The number of benzene rings is 1. The molecule has 0 amide bonds. The molecule has 1 aromatic heterocycles. The number of pyridine rings is 1. The number of nitrogens with two attached hydrogens (primary N) is 1. The maximum absolute atomic E-state index is 11.4.